The molecule has 0 spiro atoms. The Morgan fingerprint density at radius 1 is 0.955 bits per heavy atom. The number of ether oxygens (including phenoxy) is 4. The van der Waals surface area contributed by atoms with E-state index in [-0.39, 0.29) is 18.4 Å². The third-order valence-corrected chi connectivity index (χ3v) is 7.74. The van der Waals surface area contributed by atoms with E-state index in [4.69, 9.17) is 52.1 Å². The van der Waals surface area contributed by atoms with Gasteiger partial charge in [0.1, 0.15) is 36.2 Å². The van der Waals surface area contributed by atoms with Gasteiger partial charge in [-0.2, -0.15) is 0 Å². The Labute approximate surface area is 267 Å². The molecule has 1 amide bonds. The standard InChI is InChI=1S/C32H34Cl2N2O5.CH2O2/c1-38-26-15-21(16-27(18-26)39-2)20-36(24-6-7-24)32(37)29-19-35-12-11-28(29)22-3-8-25(9-4-22)40-13-14-41-31-17-23(33)5-10-30(31)34;2-1-3/h3-5,8-10,15-18,24,35H,6-7,11-14,19-20H2,1-2H3;1H,(H,2,3). The van der Waals surface area contributed by atoms with Crippen LogP contribution < -0.4 is 24.3 Å². The molecule has 3 aromatic carbocycles. The normalized spacial score (nSPS) is 14.2. The van der Waals surface area contributed by atoms with Gasteiger partial charge in [-0.05, 0) is 78.9 Å². The van der Waals surface area contributed by atoms with Crippen LogP contribution in [0.25, 0.3) is 5.57 Å². The summed E-state index contributed by atoms with van der Waals surface area (Å²) in [5, 5.41) is 11.3. The van der Waals surface area contributed by atoms with Crippen molar-refractivity contribution in [1.82, 2.24) is 10.2 Å². The van der Waals surface area contributed by atoms with E-state index < -0.39 is 0 Å². The lowest BCUT2D eigenvalue weighted by Gasteiger charge is -2.28. The maximum Gasteiger partial charge on any atom is 0.290 e. The molecular weight excluding hydrogens is 607 g/mol. The number of benzene rings is 3. The van der Waals surface area contributed by atoms with Crippen LogP contribution in [0.5, 0.6) is 23.0 Å². The Morgan fingerprint density at radius 3 is 2.25 bits per heavy atom. The quantitative estimate of drug-likeness (QED) is 0.180. The first-order valence-electron chi connectivity index (χ1n) is 14.2. The van der Waals surface area contributed by atoms with Crippen molar-refractivity contribution >= 4 is 41.2 Å². The number of hydrogen-bond acceptors (Lipinski definition) is 7. The van der Waals surface area contributed by atoms with E-state index in [0.717, 1.165) is 53.8 Å². The Hall–Kier alpha value is -3.92. The first-order chi connectivity index (χ1) is 21.4. The summed E-state index contributed by atoms with van der Waals surface area (Å²) in [7, 11) is 3.27. The third-order valence-electron chi connectivity index (χ3n) is 7.19. The Kier molecular flexibility index (Phi) is 12.2. The molecule has 234 valence electrons. The minimum absolute atomic E-state index is 0.0774. The average molecular weight is 644 g/mol. The maximum absolute atomic E-state index is 14.0. The van der Waals surface area contributed by atoms with Crippen LogP contribution in [0.2, 0.25) is 10.0 Å². The molecule has 44 heavy (non-hydrogen) atoms. The summed E-state index contributed by atoms with van der Waals surface area (Å²) < 4.78 is 22.5. The van der Waals surface area contributed by atoms with Gasteiger partial charge in [-0.3, -0.25) is 9.59 Å². The predicted molar refractivity (Wildman–Crippen MR) is 170 cm³/mol. The second kappa shape index (κ2) is 16.2. The molecule has 0 radical (unpaired) electrons. The van der Waals surface area contributed by atoms with Gasteiger partial charge in [0.25, 0.3) is 12.4 Å². The van der Waals surface area contributed by atoms with Crippen LogP contribution in [0.1, 0.15) is 30.4 Å². The smallest absolute Gasteiger partial charge is 0.290 e. The number of carbonyl (C=O) groups excluding carboxylic acids is 1. The fraction of sp³-hybridized carbons (Fsp3) is 0.333. The Balaban J connectivity index is 0.00000141. The van der Waals surface area contributed by atoms with Gasteiger partial charge in [-0.15, -0.1) is 0 Å². The average Bonchev–Trinajstić information content (AvgIpc) is 3.89. The maximum atomic E-state index is 14.0. The number of nitrogens with zero attached hydrogens (tertiary/aromatic N) is 1. The van der Waals surface area contributed by atoms with Crippen LogP contribution in [-0.4, -0.2) is 69.0 Å². The number of hydrogen-bond donors (Lipinski definition) is 2. The van der Waals surface area contributed by atoms with E-state index in [0.29, 0.717) is 53.6 Å². The van der Waals surface area contributed by atoms with Gasteiger partial charge < -0.3 is 34.3 Å². The van der Waals surface area contributed by atoms with Crippen LogP contribution in [0.4, 0.5) is 0 Å². The molecule has 2 aliphatic rings. The van der Waals surface area contributed by atoms with Crippen LogP contribution in [0, 0.1) is 0 Å². The summed E-state index contributed by atoms with van der Waals surface area (Å²) in [6.07, 6.45) is 2.81. The SMILES string of the molecule is COc1cc(CN(C(=O)C2=C(c3ccc(OCCOc4cc(Cl)ccc4Cl)cc3)CCNC2)C2CC2)cc(OC)c1.O=CO. The van der Waals surface area contributed by atoms with E-state index >= 15 is 0 Å². The second-order valence-corrected chi connectivity index (χ2v) is 11.0. The van der Waals surface area contributed by atoms with Crippen molar-refractivity contribution < 1.29 is 33.6 Å². The molecule has 1 aliphatic heterocycles. The van der Waals surface area contributed by atoms with Crippen molar-refractivity contribution in [2.75, 3.05) is 40.5 Å². The summed E-state index contributed by atoms with van der Waals surface area (Å²) in [6, 6.07) is 19.0. The number of carboxylic acid groups (broad SMARTS) is 1. The van der Waals surface area contributed by atoms with Gasteiger partial charge in [-0.25, -0.2) is 0 Å². The number of methoxy groups -OCH3 is 2. The van der Waals surface area contributed by atoms with Gasteiger partial charge >= 0.3 is 0 Å². The van der Waals surface area contributed by atoms with Gasteiger partial charge in [0.05, 0.1) is 19.2 Å². The Bertz CT molecular complexity index is 1440. The summed E-state index contributed by atoms with van der Waals surface area (Å²) in [5.41, 5.74) is 3.91. The van der Waals surface area contributed by atoms with E-state index in [1.807, 2.05) is 47.4 Å². The molecular formula is C33H36Cl2N2O7. The second-order valence-electron chi connectivity index (χ2n) is 10.2. The van der Waals surface area contributed by atoms with Gasteiger partial charge in [0.2, 0.25) is 0 Å². The van der Waals surface area contributed by atoms with E-state index in [9.17, 15) is 4.79 Å². The minimum Gasteiger partial charge on any atom is -0.497 e. The van der Waals surface area contributed by atoms with E-state index in [2.05, 4.69) is 5.32 Å². The van der Waals surface area contributed by atoms with Crippen LogP contribution in [0.3, 0.4) is 0 Å². The van der Waals surface area contributed by atoms with Gasteiger partial charge in [0, 0.05) is 41.9 Å². The zero-order chi connectivity index (χ0) is 31.5. The lowest BCUT2D eigenvalue weighted by Crippen LogP contribution is -2.39. The zero-order valence-corrected chi connectivity index (χ0v) is 26.2. The van der Waals surface area contributed by atoms with Gasteiger partial charge in [-0.1, -0.05) is 35.3 Å². The summed E-state index contributed by atoms with van der Waals surface area (Å²) >= 11 is 12.2. The molecule has 3 aromatic rings. The molecule has 0 unspecified atom stereocenters. The van der Waals surface area contributed by atoms with Crippen LogP contribution >= 0.6 is 23.2 Å². The van der Waals surface area contributed by atoms with Crippen molar-refractivity contribution in [3.63, 3.8) is 0 Å². The Morgan fingerprint density at radius 2 is 1.61 bits per heavy atom. The highest BCUT2D eigenvalue weighted by Crippen LogP contribution is 2.34. The van der Waals surface area contributed by atoms with Crippen molar-refractivity contribution in [2.24, 2.45) is 0 Å². The molecule has 1 saturated carbocycles. The van der Waals surface area contributed by atoms with E-state index in [1.54, 1.807) is 32.4 Å². The molecule has 9 nitrogen and oxygen atoms in total. The zero-order valence-electron chi connectivity index (χ0n) is 24.7. The van der Waals surface area contributed by atoms with Crippen molar-refractivity contribution in [2.45, 2.75) is 31.8 Å². The molecule has 1 aliphatic carbocycles. The summed E-state index contributed by atoms with van der Waals surface area (Å²) in [5.74, 6) is 2.75. The topological polar surface area (TPSA) is 107 Å². The van der Waals surface area contributed by atoms with Crippen molar-refractivity contribution in [3.8, 4) is 23.0 Å². The lowest BCUT2D eigenvalue weighted by atomic mass is 9.93. The first-order valence-corrected chi connectivity index (χ1v) is 15.0. The minimum atomic E-state index is -0.250. The predicted octanol–water partition coefficient (Wildman–Crippen LogP) is 6.11. The fourth-order valence-electron chi connectivity index (χ4n) is 4.94. The third kappa shape index (κ3) is 9.05. The van der Waals surface area contributed by atoms with E-state index in [1.165, 1.54) is 0 Å². The molecule has 0 bridgehead atoms. The molecule has 11 heteroatoms. The lowest BCUT2D eigenvalue weighted by molar-refractivity contribution is -0.128. The number of carbonyl (C=O) groups is 2. The summed E-state index contributed by atoms with van der Waals surface area (Å²) in [4.78, 5) is 24.4. The van der Waals surface area contributed by atoms with Crippen molar-refractivity contribution in [3.05, 3.63) is 87.4 Å². The highest BCUT2D eigenvalue weighted by Gasteiger charge is 2.35. The number of halogens is 2. The number of nitrogens with one attached hydrogen (secondary N) is 1. The molecule has 5 rings (SSSR count). The summed E-state index contributed by atoms with van der Waals surface area (Å²) in [6.45, 7) is 2.30. The molecule has 1 heterocycles. The van der Waals surface area contributed by atoms with Gasteiger partial charge in [0.15, 0.2) is 0 Å². The number of amides is 1. The monoisotopic (exact) mass is 642 g/mol. The fourth-order valence-corrected chi connectivity index (χ4v) is 5.27. The molecule has 0 aromatic heterocycles. The molecule has 0 atom stereocenters. The highest BCUT2D eigenvalue weighted by atomic mass is 35.5. The molecule has 2 N–H and O–H groups in total. The van der Waals surface area contributed by atoms with Crippen LogP contribution in [-0.2, 0) is 16.1 Å². The largest absolute Gasteiger partial charge is 0.497 e. The van der Waals surface area contributed by atoms with Crippen LogP contribution in [0.15, 0.2) is 66.2 Å². The first kappa shape index (κ1) is 33.0. The van der Waals surface area contributed by atoms with Crippen molar-refractivity contribution in [1.29, 1.82) is 0 Å². The highest BCUT2D eigenvalue weighted by molar-refractivity contribution is 6.34. The molecule has 0 saturated heterocycles. The molecule has 1 fully saturated rings. The number of rotatable bonds is 12.